The van der Waals surface area contributed by atoms with E-state index in [-0.39, 0.29) is 24.0 Å². The molecule has 2 aromatic carbocycles. The summed E-state index contributed by atoms with van der Waals surface area (Å²) in [6, 6.07) is 12.7. The summed E-state index contributed by atoms with van der Waals surface area (Å²) in [5.74, 6) is -0.998. The fourth-order valence-corrected chi connectivity index (χ4v) is 6.85. The second-order valence-corrected chi connectivity index (χ2v) is 11.2. The monoisotopic (exact) mass is 499 g/mol. The molecule has 11 heteroatoms. The van der Waals surface area contributed by atoms with E-state index in [2.05, 4.69) is 8.75 Å². The van der Waals surface area contributed by atoms with Gasteiger partial charge in [0.15, 0.2) is 0 Å². The third kappa shape index (κ3) is 4.19. The molecule has 2 fully saturated rings. The number of hydrogen-bond acceptors (Lipinski definition) is 7. The molecular weight excluding hydrogens is 474 g/mol. The van der Waals surface area contributed by atoms with Gasteiger partial charge < -0.3 is 9.80 Å². The van der Waals surface area contributed by atoms with Crippen LogP contribution in [0.5, 0.6) is 0 Å². The highest BCUT2D eigenvalue weighted by atomic mass is 32.2. The number of hydrogen-bond donors (Lipinski definition) is 0. The number of piperazine rings is 1. The Morgan fingerprint density at radius 3 is 2.41 bits per heavy atom. The third-order valence-electron chi connectivity index (χ3n) is 6.57. The van der Waals surface area contributed by atoms with Crippen molar-refractivity contribution in [3.8, 4) is 0 Å². The number of benzene rings is 2. The molecule has 0 saturated carbocycles. The first-order chi connectivity index (χ1) is 16.3. The molecule has 3 heterocycles. The lowest BCUT2D eigenvalue weighted by molar-refractivity contribution is -0.158. The number of carbonyl (C=O) groups excluding carboxylic acids is 2. The van der Waals surface area contributed by atoms with Gasteiger partial charge in [0.2, 0.25) is 10.0 Å². The van der Waals surface area contributed by atoms with Crippen LogP contribution in [0.1, 0.15) is 24.0 Å². The molecule has 0 N–H and O–H groups in total. The normalized spacial score (nSPS) is 18.7. The number of fused-ring (bicyclic) bond motifs is 1. The van der Waals surface area contributed by atoms with Crippen LogP contribution >= 0.6 is 11.7 Å². The Labute approximate surface area is 202 Å². The lowest BCUT2D eigenvalue weighted by Crippen LogP contribution is -2.58. The van der Waals surface area contributed by atoms with Gasteiger partial charge in [-0.05, 0) is 37.5 Å². The minimum Gasteiger partial charge on any atom is -0.330 e. The summed E-state index contributed by atoms with van der Waals surface area (Å²) in [6.45, 7) is 3.90. The molecule has 0 atom stereocenters. The van der Waals surface area contributed by atoms with Gasteiger partial charge in [0.25, 0.3) is 0 Å². The predicted octanol–water partition coefficient (Wildman–Crippen LogP) is 2.02. The first-order valence-electron chi connectivity index (χ1n) is 11.2. The van der Waals surface area contributed by atoms with E-state index < -0.39 is 21.8 Å². The number of rotatable bonds is 5. The Bertz CT molecular complexity index is 1330. The molecule has 0 radical (unpaired) electrons. The SMILES string of the molecule is Cc1ccc(CN2CCN(C3CCN(S(=O)(=O)c4cccc5nsnc45)CC3)C(=O)C2=O)cc1. The summed E-state index contributed by atoms with van der Waals surface area (Å²) in [6.07, 6.45) is 0.975. The van der Waals surface area contributed by atoms with Gasteiger partial charge in [0, 0.05) is 38.8 Å². The number of nitrogens with zero attached hydrogens (tertiary/aromatic N) is 5. The van der Waals surface area contributed by atoms with Crippen LogP contribution in [-0.2, 0) is 26.2 Å². The lowest BCUT2D eigenvalue weighted by atomic mass is 10.0. The number of amides is 2. The Kier molecular flexibility index (Phi) is 6.09. The number of carbonyl (C=O) groups is 2. The van der Waals surface area contributed by atoms with Crippen molar-refractivity contribution in [2.45, 2.75) is 37.2 Å². The first-order valence-corrected chi connectivity index (χ1v) is 13.4. The highest BCUT2D eigenvalue weighted by molar-refractivity contribution is 7.89. The van der Waals surface area contributed by atoms with E-state index in [1.165, 1.54) is 4.31 Å². The summed E-state index contributed by atoms with van der Waals surface area (Å²) in [5, 5.41) is 0. The lowest BCUT2D eigenvalue weighted by Gasteiger charge is -2.41. The maximum atomic E-state index is 13.3. The van der Waals surface area contributed by atoms with Gasteiger partial charge in [-0.1, -0.05) is 35.9 Å². The molecule has 3 aromatic rings. The minimum absolute atomic E-state index is 0.152. The summed E-state index contributed by atoms with van der Waals surface area (Å²) in [4.78, 5) is 29.0. The van der Waals surface area contributed by atoms with E-state index >= 15 is 0 Å². The number of aromatic nitrogens is 2. The molecule has 0 bridgehead atoms. The molecule has 2 saturated heterocycles. The highest BCUT2D eigenvalue weighted by Crippen LogP contribution is 2.28. The van der Waals surface area contributed by atoms with E-state index in [0.717, 1.165) is 22.9 Å². The van der Waals surface area contributed by atoms with Crippen LogP contribution in [0.4, 0.5) is 0 Å². The summed E-state index contributed by atoms with van der Waals surface area (Å²) < 4.78 is 36.2. The van der Waals surface area contributed by atoms with Gasteiger partial charge in [-0.25, -0.2) is 8.42 Å². The predicted molar refractivity (Wildman–Crippen MR) is 128 cm³/mol. The van der Waals surface area contributed by atoms with E-state index in [9.17, 15) is 18.0 Å². The van der Waals surface area contributed by atoms with Gasteiger partial charge >= 0.3 is 11.8 Å². The van der Waals surface area contributed by atoms with Crippen LogP contribution < -0.4 is 0 Å². The molecule has 0 aliphatic carbocycles. The Morgan fingerprint density at radius 1 is 0.941 bits per heavy atom. The Balaban J connectivity index is 1.23. The van der Waals surface area contributed by atoms with Crippen molar-refractivity contribution < 1.29 is 18.0 Å². The quantitative estimate of drug-likeness (QED) is 0.498. The van der Waals surface area contributed by atoms with Crippen molar-refractivity contribution in [1.29, 1.82) is 0 Å². The van der Waals surface area contributed by atoms with Crippen LogP contribution in [0, 0.1) is 6.92 Å². The third-order valence-corrected chi connectivity index (χ3v) is 9.04. The molecule has 5 rings (SSSR count). The molecule has 178 valence electrons. The first kappa shape index (κ1) is 22.9. The zero-order valence-corrected chi connectivity index (χ0v) is 20.4. The molecular formula is C23H25N5O4S2. The smallest absolute Gasteiger partial charge is 0.312 e. The largest absolute Gasteiger partial charge is 0.330 e. The summed E-state index contributed by atoms with van der Waals surface area (Å²) in [5.41, 5.74) is 3.09. The minimum atomic E-state index is -3.72. The molecule has 2 aliphatic rings. The number of aryl methyl sites for hydroxylation is 1. The molecule has 0 spiro atoms. The highest BCUT2D eigenvalue weighted by Gasteiger charge is 2.39. The van der Waals surface area contributed by atoms with Crippen LogP contribution in [-0.4, -0.2) is 75.3 Å². The van der Waals surface area contributed by atoms with E-state index in [0.29, 0.717) is 43.5 Å². The van der Waals surface area contributed by atoms with E-state index in [4.69, 9.17) is 0 Å². The molecule has 1 aromatic heterocycles. The maximum absolute atomic E-state index is 13.3. The van der Waals surface area contributed by atoms with Gasteiger partial charge in [-0.2, -0.15) is 13.1 Å². The summed E-state index contributed by atoms with van der Waals surface area (Å²) in [7, 11) is -3.72. The number of sulfonamides is 1. The topological polar surface area (TPSA) is 104 Å². The van der Waals surface area contributed by atoms with Crippen LogP contribution in [0.25, 0.3) is 11.0 Å². The zero-order valence-electron chi connectivity index (χ0n) is 18.8. The zero-order chi connectivity index (χ0) is 23.9. The second-order valence-electron chi connectivity index (χ2n) is 8.73. The van der Waals surface area contributed by atoms with Crippen molar-refractivity contribution in [1.82, 2.24) is 22.9 Å². The van der Waals surface area contributed by atoms with Crippen LogP contribution in [0.15, 0.2) is 47.4 Å². The Morgan fingerprint density at radius 2 is 1.68 bits per heavy atom. The average molecular weight is 500 g/mol. The number of piperidine rings is 1. The second kappa shape index (κ2) is 9.05. The standard InChI is InChI=1S/C23H25N5O4S2/c1-16-5-7-17(8-6-16)15-26-13-14-28(23(30)22(26)29)18-9-11-27(12-10-18)34(31,32)20-4-2-3-19-21(20)25-33-24-19/h2-8,18H,9-15H2,1H3. The van der Waals surface area contributed by atoms with Crippen molar-refractivity contribution in [2.24, 2.45) is 0 Å². The van der Waals surface area contributed by atoms with Crippen LogP contribution in [0.3, 0.4) is 0 Å². The Hall–Kier alpha value is -2.89. The molecule has 0 unspecified atom stereocenters. The maximum Gasteiger partial charge on any atom is 0.312 e. The van der Waals surface area contributed by atoms with Crippen molar-refractivity contribution in [3.05, 3.63) is 53.6 Å². The van der Waals surface area contributed by atoms with E-state index in [1.54, 1.807) is 28.0 Å². The van der Waals surface area contributed by atoms with Crippen LogP contribution in [0.2, 0.25) is 0 Å². The fraction of sp³-hybridized carbons (Fsp3) is 0.391. The summed E-state index contributed by atoms with van der Waals surface area (Å²) >= 11 is 0.987. The van der Waals surface area contributed by atoms with Gasteiger partial charge in [-0.15, -0.1) is 0 Å². The van der Waals surface area contributed by atoms with Crippen molar-refractivity contribution in [3.63, 3.8) is 0 Å². The molecule has 34 heavy (non-hydrogen) atoms. The van der Waals surface area contributed by atoms with Gasteiger partial charge in [0.05, 0.1) is 11.7 Å². The fourth-order valence-electron chi connectivity index (χ4n) is 4.63. The van der Waals surface area contributed by atoms with Gasteiger partial charge in [-0.3, -0.25) is 9.59 Å². The average Bonchev–Trinajstić information content (AvgIpc) is 3.33. The van der Waals surface area contributed by atoms with Gasteiger partial charge in [0.1, 0.15) is 15.9 Å². The van der Waals surface area contributed by atoms with E-state index in [1.807, 2.05) is 31.2 Å². The van der Waals surface area contributed by atoms with Crippen molar-refractivity contribution >= 4 is 44.6 Å². The van der Waals surface area contributed by atoms with Crippen molar-refractivity contribution in [2.75, 3.05) is 26.2 Å². The molecule has 2 amide bonds. The molecule has 9 nitrogen and oxygen atoms in total. The molecule has 2 aliphatic heterocycles.